The van der Waals surface area contributed by atoms with Gasteiger partial charge < -0.3 is 9.30 Å². The Balaban J connectivity index is 1.67. The van der Waals surface area contributed by atoms with Crippen molar-refractivity contribution in [3.63, 3.8) is 0 Å². The van der Waals surface area contributed by atoms with E-state index in [1.54, 1.807) is 25.1 Å². The quantitative estimate of drug-likeness (QED) is 0.240. The van der Waals surface area contributed by atoms with Crippen molar-refractivity contribution in [3.05, 3.63) is 77.1 Å². The zero-order chi connectivity index (χ0) is 22.1. The van der Waals surface area contributed by atoms with Crippen LogP contribution in [0.3, 0.4) is 0 Å². The Morgan fingerprint density at radius 2 is 2.03 bits per heavy atom. The molecule has 0 saturated heterocycles. The number of hydrogen-bond acceptors (Lipinski definition) is 5. The molecule has 2 aromatic carbocycles. The molecule has 0 aliphatic carbocycles. The molecule has 0 aliphatic rings. The van der Waals surface area contributed by atoms with E-state index in [9.17, 15) is 9.59 Å². The van der Waals surface area contributed by atoms with Crippen molar-refractivity contribution < 1.29 is 14.3 Å². The Morgan fingerprint density at radius 3 is 2.77 bits per heavy atom. The number of fused-ring (bicyclic) bond motifs is 1. The molecule has 1 heterocycles. The topological polar surface area (TPSA) is 60.7 Å². The molecular formula is C24H26N2O3S2. The molecule has 1 amide bonds. The van der Waals surface area contributed by atoms with Crippen molar-refractivity contribution in [1.82, 2.24) is 4.57 Å². The lowest BCUT2D eigenvalue weighted by Gasteiger charge is -2.03. The molecule has 0 fully saturated rings. The standard InChI is InChI=1S/C24H26N2O3S2/c1-3-14-26-20-13-12-19(23(28)29-4-2)16-21(20)31-24(26)25-22(27)11-8-15-30-17-18-9-6-5-7-10-18/h3,5-7,9-10,12-13,16H,1,4,8,11,14-15,17H2,2H3. The highest BCUT2D eigenvalue weighted by molar-refractivity contribution is 7.98. The van der Waals surface area contributed by atoms with Gasteiger partial charge in [0.25, 0.3) is 0 Å². The third kappa shape index (κ3) is 6.42. The average molecular weight is 455 g/mol. The van der Waals surface area contributed by atoms with Crippen molar-refractivity contribution in [2.45, 2.75) is 32.1 Å². The van der Waals surface area contributed by atoms with Gasteiger partial charge in [0, 0.05) is 18.7 Å². The minimum atomic E-state index is -0.351. The van der Waals surface area contributed by atoms with Gasteiger partial charge in [0.15, 0.2) is 4.80 Å². The van der Waals surface area contributed by atoms with E-state index >= 15 is 0 Å². The van der Waals surface area contributed by atoms with E-state index in [-0.39, 0.29) is 11.9 Å². The van der Waals surface area contributed by atoms with Gasteiger partial charge in [0.05, 0.1) is 22.4 Å². The van der Waals surface area contributed by atoms with Crippen molar-refractivity contribution in [2.24, 2.45) is 4.99 Å². The molecule has 0 atom stereocenters. The lowest BCUT2D eigenvalue weighted by Crippen LogP contribution is -2.16. The lowest BCUT2D eigenvalue weighted by molar-refractivity contribution is -0.118. The highest BCUT2D eigenvalue weighted by Crippen LogP contribution is 2.20. The van der Waals surface area contributed by atoms with Crippen molar-refractivity contribution in [2.75, 3.05) is 12.4 Å². The van der Waals surface area contributed by atoms with E-state index in [2.05, 4.69) is 23.7 Å². The third-order valence-electron chi connectivity index (χ3n) is 4.52. The smallest absolute Gasteiger partial charge is 0.338 e. The predicted molar refractivity (Wildman–Crippen MR) is 128 cm³/mol. The SMILES string of the molecule is C=CCn1c(=NC(=O)CCCSCc2ccccc2)sc2cc(C(=O)OCC)ccc21. The summed E-state index contributed by atoms with van der Waals surface area (Å²) < 4.78 is 7.92. The Morgan fingerprint density at radius 1 is 1.23 bits per heavy atom. The van der Waals surface area contributed by atoms with Crippen LogP contribution in [0, 0.1) is 0 Å². The number of thioether (sulfide) groups is 1. The van der Waals surface area contributed by atoms with Gasteiger partial charge in [-0.1, -0.05) is 47.7 Å². The van der Waals surface area contributed by atoms with Gasteiger partial charge in [-0.05, 0) is 42.9 Å². The molecule has 0 radical (unpaired) electrons. The molecule has 0 bridgehead atoms. The minimum Gasteiger partial charge on any atom is -0.462 e. The molecule has 0 spiro atoms. The molecule has 5 nitrogen and oxygen atoms in total. The summed E-state index contributed by atoms with van der Waals surface area (Å²) in [5, 5.41) is 0. The van der Waals surface area contributed by atoms with Crippen LogP contribution in [0.5, 0.6) is 0 Å². The van der Waals surface area contributed by atoms with Crippen LogP contribution in [0.25, 0.3) is 10.2 Å². The van der Waals surface area contributed by atoms with E-state index in [0.717, 1.165) is 28.1 Å². The minimum absolute atomic E-state index is 0.129. The van der Waals surface area contributed by atoms with Gasteiger partial charge in [0.1, 0.15) is 0 Å². The van der Waals surface area contributed by atoms with Gasteiger partial charge in [-0.3, -0.25) is 4.79 Å². The number of esters is 1. The van der Waals surface area contributed by atoms with E-state index in [1.807, 2.05) is 40.6 Å². The number of ether oxygens (including phenoxy) is 1. The maximum Gasteiger partial charge on any atom is 0.338 e. The first-order chi connectivity index (χ1) is 15.1. The summed E-state index contributed by atoms with van der Waals surface area (Å²) in [6.45, 7) is 6.46. The van der Waals surface area contributed by atoms with Gasteiger partial charge in [-0.2, -0.15) is 16.8 Å². The maximum absolute atomic E-state index is 12.5. The highest BCUT2D eigenvalue weighted by atomic mass is 32.2. The monoisotopic (exact) mass is 454 g/mol. The Bertz CT molecular complexity index is 1120. The van der Waals surface area contributed by atoms with Gasteiger partial charge >= 0.3 is 5.97 Å². The van der Waals surface area contributed by atoms with E-state index in [4.69, 9.17) is 4.74 Å². The molecule has 7 heteroatoms. The molecule has 162 valence electrons. The molecule has 31 heavy (non-hydrogen) atoms. The van der Waals surface area contributed by atoms with Crippen LogP contribution in [-0.4, -0.2) is 28.8 Å². The highest BCUT2D eigenvalue weighted by Gasteiger charge is 2.12. The summed E-state index contributed by atoms with van der Waals surface area (Å²) >= 11 is 3.22. The number of carbonyl (C=O) groups excluding carboxylic acids is 2. The van der Waals surface area contributed by atoms with Crippen LogP contribution >= 0.6 is 23.1 Å². The van der Waals surface area contributed by atoms with E-state index in [0.29, 0.717) is 29.9 Å². The molecule has 3 rings (SSSR count). The normalized spacial score (nSPS) is 11.6. The Labute approximate surface area is 190 Å². The number of hydrogen-bond donors (Lipinski definition) is 0. The zero-order valence-electron chi connectivity index (χ0n) is 17.6. The van der Waals surface area contributed by atoms with E-state index in [1.165, 1.54) is 16.9 Å². The number of amides is 1. The molecule has 3 aromatic rings. The first kappa shape index (κ1) is 23.0. The number of thiazole rings is 1. The molecular weight excluding hydrogens is 428 g/mol. The van der Waals surface area contributed by atoms with Crippen LogP contribution in [0.4, 0.5) is 0 Å². The second kappa shape index (κ2) is 11.7. The van der Waals surface area contributed by atoms with Crippen LogP contribution in [-0.2, 0) is 21.8 Å². The summed E-state index contributed by atoms with van der Waals surface area (Å²) in [6, 6.07) is 15.7. The Kier molecular flexibility index (Phi) is 8.67. The van der Waals surface area contributed by atoms with Gasteiger partial charge in [0.2, 0.25) is 5.91 Å². The van der Waals surface area contributed by atoms with Gasteiger partial charge in [-0.15, -0.1) is 6.58 Å². The van der Waals surface area contributed by atoms with Gasteiger partial charge in [-0.25, -0.2) is 4.79 Å². The summed E-state index contributed by atoms with van der Waals surface area (Å²) in [6.07, 6.45) is 2.98. The fraction of sp³-hybridized carbons (Fsp3) is 0.292. The van der Waals surface area contributed by atoms with Crippen LogP contribution in [0.15, 0.2) is 66.2 Å². The number of benzene rings is 2. The summed E-state index contributed by atoms with van der Waals surface area (Å²) in [7, 11) is 0. The lowest BCUT2D eigenvalue weighted by atomic mass is 10.2. The second-order valence-electron chi connectivity index (χ2n) is 6.83. The van der Waals surface area contributed by atoms with Crippen LogP contribution < -0.4 is 4.80 Å². The maximum atomic E-state index is 12.5. The molecule has 1 aromatic heterocycles. The fourth-order valence-electron chi connectivity index (χ4n) is 3.06. The Hall–Kier alpha value is -2.64. The van der Waals surface area contributed by atoms with Crippen molar-refractivity contribution in [3.8, 4) is 0 Å². The second-order valence-corrected chi connectivity index (χ2v) is 8.95. The average Bonchev–Trinajstić information content (AvgIpc) is 3.11. The van der Waals surface area contributed by atoms with Crippen molar-refractivity contribution >= 4 is 45.2 Å². The van der Waals surface area contributed by atoms with Crippen LogP contribution in [0.1, 0.15) is 35.7 Å². The number of carbonyl (C=O) groups is 2. The van der Waals surface area contributed by atoms with Crippen LogP contribution in [0.2, 0.25) is 0 Å². The summed E-state index contributed by atoms with van der Waals surface area (Å²) in [5.41, 5.74) is 2.71. The molecule has 0 unspecified atom stereocenters. The van der Waals surface area contributed by atoms with Crippen molar-refractivity contribution in [1.29, 1.82) is 0 Å². The molecule has 0 saturated carbocycles. The summed E-state index contributed by atoms with van der Waals surface area (Å²) in [5.74, 6) is 1.38. The molecule has 0 N–H and O–H groups in total. The zero-order valence-corrected chi connectivity index (χ0v) is 19.2. The number of rotatable bonds is 10. The number of nitrogens with zero attached hydrogens (tertiary/aromatic N) is 2. The number of aromatic nitrogens is 1. The largest absolute Gasteiger partial charge is 0.462 e. The summed E-state index contributed by atoms with van der Waals surface area (Å²) in [4.78, 5) is 29.5. The van der Waals surface area contributed by atoms with E-state index < -0.39 is 0 Å². The number of allylic oxidation sites excluding steroid dienone is 1. The molecule has 0 aliphatic heterocycles. The first-order valence-electron chi connectivity index (χ1n) is 10.2. The third-order valence-corrected chi connectivity index (χ3v) is 6.67. The fourth-order valence-corrected chi connectivity index (χ4v) is 5.07. The predicted octanol–water partition coefficient (Wildman–Crippen LogP) is 5.21. The first-order valence-corrected chi connectivity index (χ1v) is 12.2.